The summed E-state index contributed by atoms with van der Waals surface area (Å²) < 4.78 is 52.8. The Morgan fingerprint density at radius 1 is 1.18 bits per heavy atom. The number of carbonyl (C=O) groups is 2. The van der Waals surface area contributed by atoms with Gasteiger partial charge in [-0.2, -0.15) is 18.3 Å². The monoisotopic (exact) mass is 467 g/mol. The molecule has 1 unspecified atom stereocenters. The zero-order valence-electron chi connectivity index (χ0n) is 19.3. The molecule has 0 saturated carbocycles. The maximum Gasteiger partial charge on any atom is 0.416 e. The summed E-state index contributed by atoms with van der Waals surface area (Å²) in [5, 5.41) is 4.49. The minimum absolute atomic E-state index is 0.0145. The number of ether oxygens (including phenoxy) is 2. The van der Waals surface area contributed by atoms with Gasteiger partial charge in [-0.15, -0.1) is 0 Å². The fraction of sp³-hybridized carbons (Fsp3) is 0.522. The second-order valence-corrected chi connectivity index (χ2v) is 8.85. The van der Waals surface area contributed by atoms with Crippen molar-refractivity contribution in [2.75, 3.05) is 13.2 Å². The van der Waals surface area contributed by atoms with Crippen molar-refractivity contribution in [2.24, 2.45) is 0 Å². The number of aromatic nitrogens is 2. The molecule has 2 heterocycles. The summed E-state index contributed by atoms with van der Waals surface area (Å²) in [6.45, 7) is 8.90. The van der Waals surface area contributed by atoms with E-state index in [1.54, 1.807) is 34.6 Å². The molecule has 0 aliphatic carbocycles. The number of hydrogen-bond donors (Lipinski definition) is 0. The van der Waals surface area contributed by atoms with E-state index in [-0.39, 0.29) is 24.4 Å². The third-order valence-electron chi connectivity index (χ3n) is 5.26. The van der Waals surface area contributed by atoms with E-state index in [1.807, 2.05) is 0 Å². The molecule has 0 spiro atoms. The Morgan fingerprint density at radius 3 is 2.45 bits per heavy atom. The molecule has 33 heavy (non-hydrogen) atoms. The normalized spacial score (nSPS) is 15.1. The Bertz CT molecular complexity index is 1040. The van der Waals surface area contributed by atoms with E-state index in [9.17, 15) is 22.8 Å². The van der Waals surface area contributed by atoms with Crippen LogP contribution >= 0.6 is 0 Å². The summed E-state index contributed by atoms with van der Waals surface area (Å²) in [4.78, 5) is 26.9. The summed E-state index contributed by atoms with van der Waals surface area (Å²) in [5.41, 5.74) is -0.447. The largest absolute Gasteiger partial charge is 0.461 e. The first-order valence-electron chi connectivity index (χ1n) is 10.7. The lowest BCUT2D eigenvalue weighted by Crippen LogP contribution is -2.40. The number of fused-ring (bicyclic) bond motifs is 1. The summed E-state index contributed by atoms with van der Waals surface area (Å²) >= 11 is 0. The van der Waals surface area contributed by atoms with Crippen molar-refractivity contribution in [3.8, 4) is 0 Å². The molecule has 180 valence electrons. The SMILES string of the molecule is CCOC(=O)c1c2c(nn1C(C)c1ccccc1C(F)(F)F)CCN(C(=O)OC(C)(C)C)C2. The Morgan fingerprint density at radius 2 is 1.85 bits per heavy atom. The molecule has 1 aliphatic heterocycles. The zero-order valence-corrected chi connectivity index (χ0v) is 19.3. The van der Waals surface area contributed by atoms with Crippen LogP contribution in [0.3, 0.4) is 0 Å². The van der Waals surface area contributed by atoms with Gasteiger partial charge >= 0.3 is 18.2 Å². The van der Waals surface area contributed by atoms with Gasteiger partial charge in [0.1, 0.15) is 5.60 Å². The van der Waals surface area contributed by atoms with E-state index in [2.05, 4.69) is 5.10 Å². The third kappa shape index (κ3) is 5.31. The Labute approximate surface area is 190 Å². The maximum absolute atomic E-state index is 13.6. The van der Waals surface area contributed by atoms with Crippen LogP contribution < -0.4 is 0 Å². The first-order chi connectivity index (χ1) is 15.3. The van der Waals surface area contributed by atoms with E-state index in [4.69, 9.17) is 9.47 Å². The zero-order chi connectivity index (χ0) is 24.6. The number of halogens is 3. The smallest absolute Gasteiger partial charge is 0.416 e. The number of amides is 1. The number of hydrogen-bond acceptors (Lipinski definition) is 5. The Balaban J connectivity index is 2.05. The standard InChI is InChI=1S/C23H28F3N3O4/c1-6-32-20(30)19-16-13-28(21(31)33-22(3,4)5)12-11-18(16)27-29(19)14(2)15-9-7-8-10-17(15)23(24,25)26/h7-10,14H,6,11-13H2,1-5H3. The average Bonchev–Trinajstić information content (AvgIpc) is 3.10. The number of benzene rings is 1. The average molecular weight is 467 g/mol. The minimum Gasteiger partial charge on any atom is -0.461 e. The molecule has 0 fully saturated rings. The van der Waals surface area contributed by atoms with Gasteiger partial charge in [-0.3, -0.25) is 4.68 Å². The van der Waals surface area contributed by atoms with Gasteiger partial charge < -0.3 is 14.4 Å². The summed E-state index contributed by atoms with van der Waals surface area (Å²) in [6.07, 6.45) is -4.76. The quantitative estimate of drug-likeness (QED) is 0.593. The lowest BCUT2D eigenvalue weighted by molar-refractivity contribution is -0.138. The first-order valence-corrected chi connectivity index (χ1v) is 10.7. The van der Waals surface area contributed by atoms with Gasteiger partial charge in [-0.05, 0) is 46.2 Å². The lowest BCUT2D eigenvalue weighted by atomic mass is 10.0. The number of alkyl halides is 3. The van der Waals surface area contributed by atoms with Gasteiger partial charge in [0, 0.05) is 18.5 Å². The van der Waals surface area contributed by atoms with Crippen molar-refractivity contribution in [1.29, 1.82) is 0 Å². The van der Waals surface area contributed by atoms with Crippen LogP contribution in [0.1, 0.15) is 73.5 Å². The Kier molecular flexibility index (Phi) is 6.76. The van der Waals surface area contributed by atoms with Crippen LogP contribution in [0, 0.1) is 0 Å². The van der Waals surface area contributed by atoms with Crippen molar-refractivity contribution < 1.29 is 32.2 Å². The molecular formula is C23H28F3N3O4. The van der Waals surface area contributed by atoms with Crippen LogP contribution in [0.2, 0.25) is 0 Å². The first kappa shape index (κ1) is 24.6. The summed E-state index contributed by atoms with van der Waals surface area (Å²) in [7, 11) is 0. The topological polar surface area (TPSA) is 73.7 Å². The van der Waals surface area contributed by atoms with E-state index in [1.165, 1.54) is 27.8 Å². The number of carbonyl (C=O) groups excluding carboxylic acids is 2. The van der Waals surface area contributed by atoms with Gasteiger partial charge in [0.25, 0.3) is 0 Å². The molecule has 1 atom stereocenters. The maximum atomic E-state index is 13.6. The van der Waals surface area contributed by atoms with E-state index in [0.717, 1.165) is 6.07 Å². The molecule has 2 aromatic rings. The van der Waals surface area contributed by atoms with E-state index < -0.39 is 35.4 Å². The van der Waals surface area contributed by atoms with Crippen molar-refractivity contribution in [2.45, 2.75) is 65.4 Å². The van der Waals surface area contributed by atoms with Crippen LogP contribution in [0.4, 0.5) is 18.0 Å². The summed E-state index contributed by atoms with van der Waals surface area (Å²) in [6, 6.07) is 4.30. The fourth-order valence-electron chi connectivity index (χ4n) is 3.82. The molecular weight excluding hydrogens is 439 g/mol. The van der Waals surface area contributed by atoms with Crippen LogP contribution in [-0.4, -0.2) is 45.5 Å². The third-order valence-corrected chi connectivity index (χ3v) is 5.26. The molecule has 0 saturated heterocycles. The highest BCUT2D eigenvalue weighted by atomic mass is 19.4. The molecule has 1 amide bonds. The molecule has 0 bridgehead atoms. The summed E-state index contributed by atoms with van der Waals surface area (Å²) in [5.74, 6) is -0.700. The number of rotatable bonds is 4. The molecule has 1 aromatic heterocycles. The predicted octanol–water partition coefficient (Wildman–Crippen LogP) is 4.98. The molecule has 3 rings (SSSR count). The van der Waals surface area contributed by atoms with Gasteiger partial charge in [-0.1, -0.05) is 18.2 Å². The fourth-order valence-corrected chi connectivity index (χ4v) is 3.82. The molecule has 1 aliphatic rings. The van der Waals surface area contributed by atoms with Crippen molar-refractivity contribution in [1.82, 2.24) is 14.7 Å². The lowest BCUT2D eigenvalue weighted by Gasteiger charge is -2.29. The van der Waals surface area contributed by atoms with Crippen LogP contribution in [0.5, 0.6) is 0 Å². The van der Waals surface area contributed by atoms with Gasteiger partial charge in [0.05, 0.1) is 30.5 Å². The van der Waals surface area contributed by atoms with Gasteiger partial charge in [0.2, 0.25) is 0 Å². The second-order valence-electron chi connectivity index (χ2n) is 8.85. The van der Waals surface area contributed by atoms with Crippen molar-refractivity contribution in [3.63, 3.8) is 0 Å². The van der Waals surface area contributed by atoms with Crippen molar-refractivity contribution >= 4 is 12.1 Å². The Hall–Kier alpha value is -3.04. The minimum atomic E-state index is -4.56. The highest BCUT2D eigenvalue weighted by molar-refractivity contribution is 5.90. The molecule has 0 N–H and O–H groups in total. The molecule has 0 radical (unpaired) electrons. The molecule has 1 aromatic carbocycles. The number of nitrogens with zero attached hydrogens (tertiary/aromatic N) is 3. The highest BCUT2D eigenvalue weighted by Crippen LogP contribution is 2.37. The van der Waals surface area contributed by atoms with Crippen molar-refractivity contribution in [3.05, 3.63) is 52.3 Å². The molecule has 7 nitrogen and oxygen atoms in total. The van der Waals surface area contributed by atoms with Gasteiger partial charge in [0.15, 0.2) is 5.69 Å². The van der Waals surface area contributed by atoms with Crippen LogP contribution in [-0.2, 0) is 28.6 Å². The molecule has 10 heteroatoms. The van der Waals surface area contributed by atoms with Gasteiger partial charge in [-0.25, -0.2) is 9.59 Å². The van der Waals surface area contributed by atoms with Crippen LogP contribution in [0.15, 0.2) is 24.3 Å². The number of esters is 1. The highest BCUT2D eigenvalue weighted by Gasteiger charge is 2.37. The predicted molar refractivity (Wildman–Crippen MR) is 114 cm³/mol. The van der Waals surface area contributed by atoms with E-state index in [0.29, 0.717) is 24.2 Å². The second kappa shape index (κ2) is 9.07. The van der Waals surface area contributed by atoms with E-state index >= 15 is 0 Å². The van der Waals surface area contributed by atoms with Crippen LogP contribution in [0.25, 0.3) is 0 Å².